The average molecular weight is 239 g/mol. The lowest BCUT2D eigenvalue weighted by Crippen LogP contribution is -2.36. The van der Waals surface area contributed by atoms with Crippen LogP contribution in [-0.4, -0.2) is 34.1 Å². The number of hydrogen-bond acceptors (Lipinski definition) is 4. The Morgan fingerprint density at radius 3 is 2.50 bits per heavy atom. The van der Waals surface area contributed by atoms with Gasteiger partial charge in [0.2, 0.25) is 5.91 Å². The lowest BCUT2D eigenvalue weighted by atomic mass is 10.1. The molecule has 0 spiro atoms. The third-order valence-electron chi connectivity index (χ3n) is 2.08. The quantitative estimate of drug-likeness (QED) is 0.782. The van der Waals surface area contributed by atoms with Crippen LogP contribution in [0.3, 0.4) is 0 Å². The van der Waals surface area contributed by atoms with Crippen LogP contribution in [0.2, 0.25) is 0 Å². The number of carbonyl (C=O) groups excluding carboxylic acids is 2. The highest BCUT2D eigenvalue weighted by atomic mass is 32.1. The molecule has 0 heterocycles. The first-order valence-electron chi connectivity index (χ1n) is 4.79. The molecule has 1 rings (SSSR count). The molecule has 4 nitrogen and oxygen atoms in total. The van der Waals surface area contributed by atoms with Crippen LogP contribution in [-0.2, 0) is 4.79 Å². The van der Waals surface area contributed by atoms with Crippen molar-refractivity contribution in [1.82, 2.24) is 4.90 Å². The zero-order valence-corrected chi connectivity index (χ0v) is 9.78. The molecule has 5 heteroatoms. The fourth-order valence-electron chi connectivity index (χ4n) is 1.30. The molecule has 1 N–H and O–H groups in total. The highest BCUT2D eigenvalue weighted by Gasteiger charge is 2.20. The third-order valence-corrected chi connectivity index (χ3v) is 2.28. The van der Waals surface area contributed by atoms with Gasteiger partial charge in [-0.2, -0.15) is 12.6 Å². The first kappa shape index (κ1) is 12.6. The molecule has 0 unspecified atom stereocenters. The fourth-order valence-corrected chi connectivity index (χ4v) is 1.50. The highest BCUT2D eigenvalue weighted by molar-refractivity contribution is 7.80. The van der Waals surface area contributed by atoms with Crippen LogP contribution in [0.25, 0.3) is 0 Å². The maximum absolute atomic E-state index is 11.9. The molecule has 0 atom stereocenters. The minimum Gasteiger partial charge on any atom is -0.507 e. The van der Waals surface area contributed by atoms with E-state index in [0.29, 0.717) is 5.75 Å². The molecule has 0 aliphatic heterocycles. The van der Waals surface area contributed by atoms with Crippen molar-refractivity contribution in [3.05, 3.63) is 29.8 Å². The van der Waals surface area contributed by atoms with Crippen molar-refractivity contribution < 1.29 is 14.7 Å². The van der Waals surface area contributed by atoms with Crippen molar-refractivity contribution in [2.24, 2.45) is 0 Å². The van der Waals surface area contributed by atoms with E-state index in [1.54, 1.807) is 12.1 Å². The molecule has 86 valence electrons. The molecular weight excluding hydrogens is 226 g/mol. The molecule has 16 heavy (non-hydrogen) atoms. The normalized spacial score (nSPS) is 9.88. The topological polar surface area (TPSA) is 57.6 Å². The van der Waals surface area contributed by atoms with E-state index in [2.05, 4.69) is 12.6 Å². The molecule has 0 aliphatic carbocycles. The van der Waals surface area contributed by atoms with E-state index in [4.69, 9.17) is 0 Å². The molecule has 0 radical (unpaired) electrons. The molecule has 1 aromatic carbocycles. The first-order chi connectivity index (χ1) is 7.57. The van der Waals surface area contributed by atoms with Gasteiger partial charge in [0.05, 0.1) is 5.56 Å². The summed E-state index contributed by atoms with van der Waals surface area (Å²) in [5, 5.41) is 9.50. The predicted octanol–water partition coefficient (Wildman–Crippen LogP) is 1.31. The van der Waals surface area contributed by atoms with Crippen LogP contribution < -0.4 is 0 Å². The summed E-state index contributed by atoms with van der Waals surface area (Å²) in [4.78, 5) is 24.2. The Kier molecular flexibility index (Phi) is 4.37. The zero-order chi connectivity index (χ0) is 12.1. The van der Waals surface area contributed by atoms with E-state index in [1.165, 1.54) is 19.1 Å². The van der Waals surface area contributed by atoms with E-state index >= 15 is 0 Å². The standard InChI is InChI=1S/C11H13NO3S/c1-8(13)12(6-7-16)11(15)9-4-2-3-5-10(9)14/h2-5,14,16H,6-7H2,1H3. The molecule has 0 saturated heterocycles. The number of amides is 2. The summed E-state index contributed by atoms with van der Waals surface area (Å²) in [6.07, 6.45) is 0. The van der Waals surface area contributed by atoms with E-state index < -0.39 is 5.91 Å². The van der Waals surface area contributed by atoms with Crippen LogP contribution in [0, 0.1) is 0 Å². The van der Waals surface area contributed by atoms with Crippen molar-refractivity contribution in [1.29, 1.82) is 0 Å². The summed E-state index contributed by atoms with van der Waals surface area (Å²) in [6.45, 7) is 1.53. The molecule has 0 fully saturated rings. The van der Waals surface area contributed by atoms with Gasteiger partial charge in [0.25, 0.3) is 5.91 Å². The first-order valence-corrected chi connectivity index (χ1v) is 5.42. The monoisotopic (exact) mass is 239 g/mol. The van der Waals surface area contributed by atoms with Crippen LogP contribution in [0.1, 0.15) is 17.3 Å². The van der Waals surface area contributed by atoms with Gasteiger partial charge in [-0.25, -0.2) is 0 Å². The summed E-state index contributed by atoms with van der Waals surface area (Å²) < 4.78 is 0. The minimum atomic E-state index is -0.500. The smallest absolute Gasteiger partial charge is 0.264 e. The average Bonchev–Trinajstić information content (AvgIpc) is 2.25. The number of aromatic hydroxyl groups is 1. The van der Waals surface area contributed by atoms with E-state index in [1.807, 2.05) is 0 Å². The summed E-state index contributed by atoms with van der Waals surface area (Å²) in [7, 11) is 0. The number of carbonyl (C=O) groups is 2. The van der Waals surface area contributed by atoms with Crippen LogP contribution in [0.4, 0.5) is 0 Å². The van der Waals surface area contributed by atoms with Crippen molar-refractivity contribution in [2.45, 2.75) is 6.92 Å². The van der Waals surface area contributed by atoms with E-state index in [0.717, 1.165) is 4.90 Å². The number of para-hydroxylation sites is 1. The predicted molar refractivity (Wildman–Crippen MR) is 63.7 cm³/mol. The Hall–Kier alpha value is -1.49. The summed E-state index contributed by atoms with van der Waals surface area (Å²) in [5.41, 5.74) is 0.125. The Balaban J connectivity index is 2.99. The Bertz CT molecular complexity index is 406. The summed E-state index contributed by atoms with van der Waals surface area (Å²) >= 11 is 3.98. The van der Waals surface area contributed by atoms with Crippen molar-refractivity contribution in [2.75, 3.05) is 12.3 Å². The van der Waals surface area contributed by atoms with Crippen LogP contribution in [0.15, 0.2) is 24.3 Å². The second-order valence-electron chi connectivity index (χ2n) is 3.22. The van der Waals surface area contributed by atoms with Gasteiger partial charge in [0.1, 0.15) is 5.75 Å². The molecular formula is C11H13NO3S. The number of rotatable bonds is 3. The molecule has 0 saturated carbocycles. The van der Waals surface area contributed by atoms with Gasteiger partial charge in [0.15, 0.2) is 0 Å². The van der Waals surface area contributed by atoms with Crippen molar-refractivity contribution in [3.63, 3.8) is 0 Å². The minimum absolute atomic E-state index is 0.125. The molecule has 2 amide bonds. The fraction of sp³-hybridized carbons (Fsp3) is 0.273. The molecule has 0 aliphatic rings. The van der Waals surface area contributed by atoms with Crippen molar-refractivity contribution >= 4 is 24.4 Å². The van der Waals surface area contributed by atoms with Crippen molar-refractivity contribution in [3.8, 4) is 5.75 Å². The van der Waals surface area contributed by atoms with Gasteiger partial charge < -0.3 is 5.11 Å². The van der Waals surface area contributed by atoms with E-state index in [-0.39, 0.29) is 23.8 Å². The number of phenolic OH excluding ortho intramolecular Hbond substituents is 1. The SMILES string of the molecule is CC(=O)N(CCS)C(=O)c1ccccc1O. The number of phenols is 1. The van der Waals surface area contributed by atoms with E-state index in [9.17, 15) is 14.7 Å². The number of hydrogen-bond donors (Lipinski definition) is 2. The number of benzene rings is 1. The number of imide groups is 1. The summed E-state index contributed by atoms with van der Waals surface area (Å²) in [6, 6.07) is 6.13. The van der Waals surface area contributed by atoms with Gasteiger partial charge in [0, 0.05) is 19.2 Å². The van der Waals surface area contributed by atoms with Gasteiger partial charge in [-0.1, -0.05) is 12.1 Å². The lowest BCUT2D eigenvalue weighted by Gasteiger charge is -2.18. The molecule has 1 aromatic rings. The van der Waals surface area contributed by atoms with Crippen LogP contribution >= 0.6 is 12.6 Å². The highest BCUT2D eigenvalue weighted by Crippen LogP contribution is 2.17. The Morgan fingerprint density at radius 1 is 1.38 bits per heavy atom. The number of thiol groups is 1. The zero-order valence-electron chi connectivity index (χ0n) is 8.88. The number of nitrogens with zero attached hydrogens (tertiary/aromatic N) is 1. The van der Waals surface area contributed by atoms with Gasteiger partial charge in [-0.15, -0.1) is 0 Å². The second-order valence-corrected chi connectivity index (χ2v) is 3.66. The summed E-state index contributed by atoms with van der Waals surface area (Å²) in [5.74, 6) is -0.598. The molecule has 0 bridgehead atoms. The molecule has 0 aromatic heterocycles. The Morgan fingerprint density at radius 2 is 2.00 bits per heavy atom. The second kappa shape index (κ2) is 5.55. The maximum atomic E-state index is 11.9. The van der Waals surface area contributed by atoms with Gasteiger partial charge >= 0.3 is 0 Å². The lowest BCUT2D eigenvalue weighted by molar-refractivity contribution is -0.126. The van der Waals surface area contributed by atoms with Gasteiger partial charge in [-0.3, -0.25) is 14.5 Å². The Labute approximate surface area is 99.3 Å². The van der Waals surface area contributed by atoms with Crippen LogP contribution in [0.5, 0.6) is 5.75 Å². The maximum Gasteiger partial charge on any atom is 0.264 e. The third kappa shape index (κ3) is 2.76. The van der Waals surface area contributed by atoms with Gasteiger partial charge in [-0.05, 0) is 12.1 Å². The largest absolute Gasteiger partial charge is 0.507 e.